The van der Waals surface area contributed by atoms with E-state index in [-0.39, 0.29) is 4.90 Å². The van der Waals surface area contributed by atoms with E-state index in [1.807, 2.05) is 0 Å². The van der Waals surface area contributed by atoms with Gasteiger partial charge in [0.25, 0.3) is 10.0 Å². The summed E-state index contributed by atoms with van der Waals surface area (Å²) in [5.41, 5.74) is 0.290. The molecule has 0 aromatic heterocycles. The molecule has 1 fully saturated rings. The Bertz CT molecular complexity index is 959. The van der Waals surface area contributed by atoms with Crippen LogP contribution in [0, 0.1) is 0 Å². The molecular formula is C16H16ClNO5S2. The molecule has 0 radical (unpaired) electrons. The van der Waals surface area contributed by atoms with E-state index < -0.39 is 43.5 Å². The zero-order chi connectivity index (χ0) is 18.2. The molecule has 1 aliphatic rings. The molecule has 1 saturated heterocycles. The van der Waals surface area contributed by atoms with Gasteiger partial charge in [0.1, 0.15) is 0 Å². The van der Waals surface area contributed by atoms with E-state index in [0.29, 0.717) is 10.7 Å². The summed E-state index contributed by atoms with van der Waals surface area (Å²) in [6.45, 7) is 0. The van der Waals surface area contributed by atoms with Crippen LogP contribution >= 0.6 is 11.6 Å². The SMILES string of the molecule is O=S1(=O)C[C@H](O)[C@@H](N(c2ccccc2)S(=O)(=O)c2ccc(Cl)cc2)C1. The predicted octanol–water partition coefficient (Wildman–Crippen LogP) is 1.69. The molecule has 1 aliphatic heterocycles. The van der Waals surface area contributed by atoms with Crippen LogP contribution in [0.25, 0.3) is 0 Å². The van der Waals surface area contributed by atoms with Crippen molar-refractivity contribution in [2.24, 2.45) is 0 Å². The number of hydrogen-bond donors (Lipinski definition) is 1. The number of sulfone groups is 1. The maximum atomic E-state index is 13.2. The fourth-order valence-electron chi connectivity index (χ4n) is 2.84. The Morgan fingerprint density at radius 2 is 1.60 bits per heavy atom. The van der Waals surface area contributed by atoms with Crippen molar-refractivity contribution in [1.29, 1.82) is 0 Å². The highest BCUT2D eigenvalue weighted by atomic mass is 35.5. The Labute approximate surface area is 151 Å². The largest absolute Gasteiger partial charge is 0.390 e. The molecule has 9 heteroatoms. The number of hydrogen-bond acceptors (Lipinski definition) is 5. The normalized spacial score (nSPS) is 22.6. The van der Waals surface area contributed by atoms with Gasteiger partial charge in [-0.25, -0.2) is 16.8 Å². The second kappa shape index (κ2) is 6.60. The lowest BCUT2D eigenvalue weighted by molar-refractivity contribution is 0.184. The van der Waals surface area contributed by atoms with Crippen molar-refractivity contribution in [3.8, 4) is 0 Å². The van der Waals surface area contributed by atoms with E-state index >= 15 is 0 Å². The maximum Gasteiger partial charge on any atom is 0.264 e. The first-order chi connectivity index (χ1) is 11.7. The molecule has 134 valence electrons. The number of para-hydroxylation sites is 1. The Morgan fingerprint density at radius 3 is 2.12 bits per heavy atom. The highest BCUT2D eigenvalue weighted by Gasteiger charge is 2.44. The van der Waals surface area contributed by atoms with Crippen LogP contribution in [0.1, 0.15) is 0 Å². The topological polar surface area (TPSA) is 91.8 Å². The molecule has 1 heterocycles. The molecule has 0 spiro atoms. The molecule has 1 N–H and O–H groups in total. The lowest BCUT2D eigenvalue weighted by Gasteiger charge is -2.31. The average molecular weight is 402 g/mol. The van der Waals surface area contributed by atoms with Crippen molar-refractivity contribution in [2.75, 3.05) is 15.8 Å². The number of halogens is 1. The second-order valence-corrected chi connectivity index (χ2v) is 10.2. The molecule has 3 rings (SSSR count). The van der Waals surface area contributed by atoms with Crippen LogP contribution in [0.2, 0.25) is 5.02 Å². The fourth-order valence-corrected chi connectivity index (χ4v) is 6.51. The van der Waals surface area contributed by atoms with Crippen molar-refractivity contribution >= 4 is 37.1 Å². The van der Waals surface area contributed by atoms with Gasteiger partial charge in [0.05, 0.1) is 34.2 Å². The van der Waals surface area contributed by atoms with Gasteiger partial charge in [0, 0.05) is 5.02 Å². The first kappa shape index (κ1) is 18.2. The molecule has 0 aliphatic carbocycles. The summed E-state index contributed by atoms with van der Waals surface area (Å²) in [6.07, 6.45) is -1.30. The van der Waals surface area contributed by atoms with Crippen LogP contribution in [0.5, 0.6) is 0 Å². The van der Waals surface area contributed by atoms with E-state index in [2.05, 4.69) is 0 Å². The number of sulfonamides is 1. The van der Waals surface area contributed by atoms with Crippen molar-refractivity contribution in [3.05, 3.63) is 59.6 Å². The number of benzene rings is 2. The standard InChI is InChI=1S/C16H16ClNO5S2/c17-12-6-8-14(9-7-12)25(22,23)18(13-4-2-1-3-5-13)15-10-24(20,21)11-16(15)19/h1-9,15-16,19H,10-11H2/t15-,16-/m0/s1. The van der Waals surface area contributed by atoms with Gasteiger partial charge in [0.15, 0.2) is 9.84 Å². The third-order valence-corrected chi connectivity index (χ3v) is 7.79. The third-order valence-electron chi connectivity index (χ3n) is 3.98. The summed E-state index contributed by atoms with van der Waals surface area (Å²) >= 11 is 5.82. The quantitative estimate of drug-likeness (QED) is 0.841. The van der Waals surface area contributed by atoms with Gasteiger partial charge < -0.3 is 5.11 Å². The summed E-state index contributed by atoms with van der Waals surface area (Å²) in [5, 5.41) is 10.6. The summed E-state index contributed by atoms with van der Waals surface area (Å²) in [5.74, 6) is -0.896. The van der Waals surface area contributed by atoms with E-state index in [1.54, 1.807) is 30.3 Å². The van der Waals surface area contributed by atoms with Crippen molar-refractivity contribution in [1.82, 2.24) is 0 Å². The fraction of sp³-hybridized carbons (Fsp3) is 0.250. The molecule has 0 amide bonds. The van der Waals surface area contributed by atoms with Gasteiger partial charge in [-0.2, -0.15) is 0 Å². The molecule has 2 aromatic carbocycles. The Morgan fingerprint density at radius 1 is 1.00 bits per heavy atom. The van der Waals surface area contributed by atoms with Crippen molar-refractivity contribution < 1.29 is 21.9 Å². The molecule has 0 unspecified atom stereocenters. The van der Waals surface area contributed by atoms with Gasteiger partial charge in [-0.05, 0) is 36.4 Å². The monoisotopic (exact) mass is 401 g/mol. The first-order valence-electron chi connectivity index (χ1n) is 7.44. The Kier molecular flexibility index (Phi) is 4.80. The van der Waals surface area contributed by atoms with E-state index in [4.69, 9.17) is 11.6 Å². The lowest BCUT2D eigenvalue weighted by atomic mass is 10.2. The Balaban J connectivity index is 2.13. The minimum atomic E-state index is -4.09. The third kappa shape index (κ3) is 3.67. The minimum absolute atomic E-state index is 0.0303. The summed E-state index contributed by atoms with van der Waals surface area (Å²) < 4.78 is 51.1. The van der Waals surface area contributed by atoms with Crippen LogP contribution in [-0.4, -0.2) is 45.6 Å². The Hall–Kier alpha value is -1.61. The number of anilines is 1. The minimum Gasteiger partial charge on any atom is -0.390 e. The van der Waals surface area contributed by atoms with Crippen LogP contribution in [-0.2, 0) is 19.9 Å². The van der Waals surface area contributed by atoms with Crippen molar-refractivity contribution in [2.45, 2.75) is 17.0 Å². The van der Waals surface area contributed by atoms with Gasteiger partial charge in [0.2, 0.25) is 0 Å². The molecule has 6 nitrogen and oxygen atoms in total. The zero-order valence-electron chi connectivity index (χ0n) is 13.0. The van der Waals surface area contributed by atoms with Crippen LogP contribution < -0.4 is 4.31 Å². The molecule has 2 atom stereocenters. The van der Waals surface area contributed by atoms with Gasteiger partial charge in [-0.15, -0.1) is 0 Å². The second-order valence-electron chi connectivity index (χ2n) is 5.80. The van der Waals surface area contributed by atoms with Crippen LogP contribution in [0.4, 0.5) is 5.69 Å². The van der Waals surface area contributed by atoms with Crippen LogP contribution in [0.3, 0.4) is 0 Å². The average Bonchev–Trinajstić information content (AvgIpc) is 2.81. The lowest BCUT2D eigenvalue weighted by Crippen LogP contribution is -2.47. The highest BCUT2D eigenvalue weighted by Crippen LogP contribution is 2.31. The van der Waals surface area contributed by atoms with E-state index in [9.17, 15) is 21.9 Å². The van der Waals surface area contributed by atoms with Crippen LogP contribution in [0.15, 0.2) is 59.5 Å². The van der Waals surface area contributed by atoms with Gasteiger partial charge in [-0.3, -0.25) is 4.31 Å². The van der Waals surface area contributed by atoms with Gasteiger partial charge >= 0.3 is 0 Å². The number of rotatable bonds is 4. The summed E-state index contributed by atoms with van der Waals surface area (Å²) in [4.78, 5) is -0.0303. The number of aliphatic hydroxyl groups is 1. The van der Waals surface area contributed by atoms with E-state index in [0.717, 1.165) is 4.31 Å². The molecule has 25 heavy (non-hydrogen) atoms. The number of aliphatic hydroxyl groups excluding tert-OH is 1. The molecular weight excluding hydrogens is 386 g/mol. The zero-order valence-corrected chi connectivity index (χ0v) is 15.4. The molecule has 0 saturated carbocycles. The predicted molar refractivity (Wildman–Crippen MR) is 96.0 cm³/mol. The summed E-state index contributed by atoms with van der Waals surface area (Å²) in [6, 6.07) is 12.6. The van der Waals surface area contributed by atoms with E-state index in [1.165, 1.54) is 24.3 Å². The smallest absolute Gasteiger partial charge is 0.264 e. The highest BCUT2D eigenvalue weighted by molar-refractivity contribution is 7.93. The van der Waals surface area contributed by atoms with Crippen molar-refractivity contribution in [3.63, 3.8) is 0 Å². The molecule has 0 bridgehead atoms. The maximum absolute atomic E-state index is 13.2. The first-order valence-corrected chi connectivity index (χ1v) is 11.1. The van der Waals surface area contributed by atoms with Gasteiger partial charge in [-0.1, -0.05) is 29.8 Å². The molecule has 2 aromatic rings. The number of nitrogens with zero attached hydrogens (tertiary/aromatic N) is 1. The summed E-state index contributed by atoms with van der Waals surface area (Å²) in [7, 11) is -7.61.